The average molecular weight is 190 g/mol. The van der Waals surface area contributed by atoms with Crippen LogP contribution >= 0.6 is 0 Å². The number of nitrogens with two attached hydrogens (primary N) is 1. The number of aryl methyl sites for hydroxylation is 2. The van der Waals surface area contributed by atoms with Gasteiger partial charge in [-0.05, 0) is 25.0 Å². The standard InChI is InChI=1S/C10H14N4/c1-3-4-8-12-13-10-9(11)7(2)5-6-14(8)10/h5-6H,3-4,11H2,1-2H3. The van der Waals surface area contributed by atoms with Crippen LogP contribution in [0.15, 0.2) is 12.3 Å². The summed E-state index contributed by atoms with van der Waals surface area (Å²) in [5.74, 6) is 0.981. The van der Waals surface area contributed by atoms with Crippen molar-refractivity contribution in [2.45, 2.75) is 26.7 Å². The first-order valence-electron chi connectivity index (χ1n) is 4.82. The lowest BCUT2D eigenvalue weighted by Crippen LogP contribution is -1.98. The zero-order valence-electron chi connectivity index (χ0n) is 8.49. The van der Waals surface area contributed by atoms with Gasteiger partial charge in [0.2, 0.25) is 0 Å². The number of nitrogen functional groups attached to an aromatic ring is 1. The van der Waals surface area contributed by atoms with E-state index in [0.717, 1.165) is 35.6 Å². The molecule has 14 heavy (non-hydrogen) atoms. The van der Waals surface area contributed by atoms with E-state index in [1.54, 1.807) is 0 Å². The SMILES string of the molecule is CCCc1nnc2c(N)c(C)ccn12. The van der Waals surface area contributed by atoms with E-state index >= 15 is 0 Å². The molecule has 2 N–H and O–H groups in total. The van der Waals surface area contributed by atoms with Gasteiger partial charge in [0.05, 0.1) is 5.69 Å². The van der Waals surface area contributed by atoms with Crippen LogP contribution in [0, 0.1) is 6.92 Å². The van der Waals surface area contributed by atoms with E-state index in [4.69, 9.17) is 5.73 Å². The van der Waals surface area contributed by atoms with Crippen molar-refractivity contribution in [3.05, 3.63) is 23.7 Å². The van der Waals surface area contributed by atoms with Gasteiger partial charge in [-0.1, -0.05) is 6.92 Å². The molecule has 0 spiro atoms. The predicted octanol–water partition coefficient (Wildman–Crippen LogP) is 1.57. The average Bonchev–Trinajstić information content (AvgIpc) is 2.57. The molecule has 4 heteroatoms. The minimum Gasteiger partial charge on any atom is -0.395 e. The fraction of sp³-hybridized carbons (Fsp3) is 0.400. The van der Waals surface area contributed by atoms with E-state index in [9.17, 15) is 0 Å². The number of hydrogen-bond donors (Lipinski definition) is 1. The van der Waals surface area contributed by atoms with Gasteiger partial charge >= 0.3 is 0 Å². The summed E-state index contributed by atoms with van der Waals surface area (Å²) in [4.78, 5) is 0. The molecule has 0 bridgehead atoms. The maximum absolute atomic E-state index is 5.90. The Morgan fingerprint density at radius 3 is 2.93 bits per heavy atom. The number of anilines is 1. The molecule has 0 aliphatic rings. The number of nitrogens with zero attached hydrogens (tertiary/aromatic N) is 3. The summed E-state index contributed by atoms with van der Waals surface area (Å²) in [5.41, 5.74) is 8.45. The summed E-state index contributed by atoms with van der Waals surface area (Å²) in [6.45, 7) is 4.10. The maximum Gasteiger partial charge on any atom is 0.184 e. The Balaban J connectivity index is 2.64. The second-order valence-corrected chi connectivity index (χ2v) is 3.47. The Morgan fingerprint density at radius 1 is 1.43 bits per heavy atom. The third kappa shape index (κ3) is 1.23. The van der Waals surface area contributed by atoms with Crippen LogP contribution in [-0.4, -0.2) is 14.6 Å². The van der Waals surface area contributed by atoms with Crippen molar-refractivity contribution >= 4 is 11.3 Å². The van der Waals surface area contributed by atoms with E-state index in [2.05, 4.69) is 17.1 Å². The van der Waals surface area contributed by atoms with Crippen molar-refractivity contribution < 1.29 is 0 Å². The fourth-order valence-electron chi connectivity index (χ4n) is 1.51. The van der Waals surface area contributed by atoms with Crippen LogP contribution in [0.1, 0.15) is 24.7 Å². The van der Waals surface area contributed by atoms with Gasteiger partial charge in [-0.15, -0.1) is 10.2 Å². The summed E-state index contributed by atoms with van der Waals surface area (Å²) < 4.78 is 1.96. The molecule has 0 aliphatic heterocycles. The Labute approximate surface area is 82.8 Å². The molecule has 0 radical (unpaired) electrons. The monoisotopic (exact) mass is 190 g/mol. The van der Waals surface area contributed by atoms with Crippen molar-refractivity contribution in [3.8, 4) is 0 Å². The molecule has 0 saturated carbocycles. The lowest BCUT2D eigenvalue weighted by Gasteiger charge is -2.02. The molecule has 0 amide bonds. The summed E-state index contributed by atoms with van der Waals surface area (Å²) in [6, 6.07) is 1.99. The Kier molecular flexibility index (Phi) is 2.11. The Bertz CT molecular complexity index is 458. The van der Waals surface area contributed by atoms with Crippen molar-refractivity contribution in [2.24, 2.45) is 0 Å². The molecular weight excluding hydrogens is 176 g/mol. The highest BCUT2D eigenvalue weighted by molar-refractivity contribution is 5.67. The van der Waals surface area contributed by atoms with E-state index in [0.29, 0.717) is 0 Å². The molecule has 0 atom stereocenters. The van der Waals surface area contributed by atoms with Gasteiger partial charge in [0, 0.05) is 12.6 Å². The zero-order chi connectivity index (χ0) is 10.1. The van der Waals surface area contributed by atoms with Crippen LogP contribution in [0.25, 0.3) is 5.65 Å². The van der Waals surface area contributed by atoms with Gasteiger partial charge in [0.25, 0.3) is 0 Å². The highest BCUT2D eigenvalue weighted by Gasteiger charge is 2.07. The molecule has 0 aromatic carbocycles. The fourth-order valence-corrected chi connectivity index (χ4v) is 1.51. The molecule has 0 saturated heterocycles. The smallest absolute Gasteiger partial charge is 0.184 e. The van der Waals surface area contributed by atoms with Gasteiger partial charge in [-0.2, -0.15) is 0 Å². The molecule has 2 rings (SSSR count). The first kappa shape index (κ1) is 8.99. The minimum absolute atomic E-state index is 0.724. The van der Waals surface area contributed by atoms with Crippen LogP contribution < -0.4 is 5.73 Å². The summed E-state index contributed by atoms with van der Waals surface area (Å²) in [7, 11) is 0. The number of pyridine rings is 1. The summed E-state index contributed by atoms with van der Waals surface area (Å²) in [6.07, 6.45) is 3.98. The van der Waals surface area contributed by atoms with Crippen LogP contribution in [0.2, 0.25) is 0 Å². The molecule has 0 aliphatic carbocycles. The normalized spacial score (nSPS) is 11.0. The second kappa shape index (κ2) is 3.29. The van der Waals surface area contributed by atoms with Crippen molar-refractivity contribution in [2.75, 3.05) is 5.73 Å². The number of fused-ring (bicyclic) bond motifs is 1. The van der Waals surface area contributed by atoms with E-state index in [-0.39, 0.29) is 0 Å². The Morgan fingerprint density at radius 2 is 2.21 bits per heavy atom. The van der Waals surface area contributed by atoms with Crippen LogP contribution in [0.4, 0.5) is 5.69 Å². The van der Waals surface area contributed by atoms with Crippen LogP contribution in [0.5, 0.6) is 0 Å². The van der Waals surface area contributed by atoms with Gasteiger partial charge in [0.1, 0.15) is 5.82 Å². The van der Waals surface area contributed by atoms with E-state index in [1.807, 2.05) is 23.6 Å². The van der Waals surface area contributed by atoms with Gasteiger partial charge < -0.3 is 5.73 Å². The molecule has 2 aromatic heterocycles. The zero-order valence-corrected chi connectivity index (χ0v) is 8.49. The Hall–Kier alpha value is -1.58. The van der Waals surface area contributed by atoms with Crippen molar-refractivity contribution in [1.29, 1.82) is 0 Å². The number of rotatable bonds is 2. The van der Waals surface area contributed by atoms with Crippen molar-refractivity contribution in [1.82, 2.24) is 14.6 Å². The highest BCUT2D eigenvalue weighted by atomic mass is 15.2. The lowest BCUT2D eigenvalue weighted by molar-refractivity contribution is 0.818. The summed E-state index contributed by atoms with van der Waals surface area (Å²) >= 11 is 0. The molecule has 4 nitrogen and oxygen atoms in total. The van der Waals surface area contributed by atoms with E-state index in [1.165, 1.54) is 0 Å². The third-order valence-corrected chi connectivity index (χ3v) is 2.38. The molecular formula is C10H14N4. The quantitative estimate of drug-likeness (QED) is 0.782. The van der Waals surface area contributed by atoms with Gasteiger partial charge in [0.15, 0.2) is 5.65 Å². The maximum atomic E-state index is 5.90. The van der Waals surface area contributed by atoms with E-state index < -0.39 is 0 Å². The third-order valence-electron chi connectivity index (χ3n) is 2.38. The number of hydrogen-bond acceptors (Lipinski definition) is 3. The molecule has 0 fully saturated rings. The lowest BCUT2D eigenvalue weighted by atomic mass is 10.2. The molecule has 74 valence electrons. The predicted molar refractivity (Wildman–Crippen MR) is 56.1 cm³/mol. The van der Waals surface area contributed by atoms with Gasteiger partial charge in [-0.3, -0.25) is 4.40 Å². The molecule has 0 unspecified atom stereocenters. The first-order valence-corrected chi connectivity index (χ1v) is 4.82. The van der Waals surface area contributed by atoms with Gasteiger partial charge in [-0.25, -0.2) is 0 Å². The first-order chi connectivity index (χ1) is 6.74. The molecule has 2 aromatic rings. The second-order valence-electron chi connectivity index (χ2n) is 3.47. The van der Waals surface area contributed by atoms with Crippen LogP contribution in [0.3, 0.4) is 0 Å². The highest BCUT2D eigenvalue weighted by Crippen LogP contribution is 2.17. The molecule has 2 heterocycles. The van der Waals surface area contributed by atoms with Crippen molar-refractivity contribution in [3.63, 3.8) is 0 Å². The number of aromatic nitrogens is 3. The minimum atomic E-state index is 0.724. The topological polar surface area (TPSA) is 56.2 Å². The largest absolute Gasteiger partial charge is 0.395 e. The van der Waals surface area contributed by atoms with Crippen LogP contribution in [-0.2, 0) is 6.42 Å². The summed E-state index contributed by atoms with van der Waals surface area (Å²) in [5, 5.41) is 8.21.